The molecule has 2 saturated carbocycles. The number of aromatic carboxylic acids is 1. The van der Waals surface area contributed by atoms with Gasteiger partial charge in [-0.2, -0.15) is 0 Å². The number of benzene rings is 1. The maximum atomic E-state index is 15.7. The van der Waals surface area contributed by atoms with Crippen molar-refractivity contribution < 1.29 is 14.3 Å². The van der Waals surface area contributed by atoms with E-state index in [0.717, 1.165) is 44.3 Å². The van der Waals surface area contributed by atoms with Gasteiger partial charge in [0.15, 0.2) is 5.82 Å². The zero-order valence-corrected chi connectivity index (χ0v) is 17.0. The standard InChI is InChI=1S/C22H26FN3O3/c1-11-16-18(26(13-4-5-13)8-14(20(16)27)21(28)29)12(2)19(17(11)23)25-9-15(24-3)22(10-25)6-7-22/h8,13,15,24H,4-7,9-10H2,1-3H3,(H,28,29)/t15-/m0/s1. The normalized spacial score (nSPS) is 22.6. The predicted octanol–water partition coefficient (Wildman–Crippen LogP) is 2.98. The Kier molecular flexibility index (Phi) is 3.88. The van der Waals surface area contributed by atoms with Gasteiger partial charge in [0.2, 0.25) is 5.43 Å². The van der Waals surface area contributed by atoms with E-state index in [-0.39, 0.29) is 28.0 Å². The van der Waals surface area contributed by atoms with E-state index in [1.807, 2.05) is 18.5 Å². The fourth-order valence-electron chi connectivity index (χ4n) is 5.30. The minimum Gasteiger partial charge on any atom is -0.477 e. The predicted molar refractivity (Wildman–Crippen MR) is 110 cm³/mol. The first kappa shape index (κ1) is 18.6. The van der Waals surface area contributed by atoms with Gasteiger partial charge in [0.05, 0.1) is 16.6 Å². The van der Waals surface area contributed by atoms with Gasteiger partial charge in [0, 0.05) is 42.3 Å². The Labute approximate surface area is 168 Å². The van der Waals surface area contributed by atoms with Crippen molar-refractivity contribution in [3.8, 4) is 0 Å². The van der Waals surface area contributed by atoms with Gasteiger partial charge in [-0.15, -0.1) is 0 Å². The molecule has 1 spiro atoms. The third-order valence-corrected chi connectivity index (χ3v) is 7.23. The van der Waals surface area contributed by atoms with Gasteiger partial charge in [-0.05, 0) is 52.1 Å². The molecule has 1 aromatic heterocycles. The fourth-order valence-corrected chi connectivity index (χ4v) is 5.30. The lowest BCUT2D eigenvalue weighted by Crippen LogP contribution is -2.34. The molecule has 3 fully saturated rings. The second-order valence-electron chi connectivity index (χ2n) is 9.04. The molecule has 5 rings (SSSR count). The molecule has 0 bridgehead atoms. The molecular formula is C22H26FN3O3. The van der Waals surface area contributed by atoms with Crippen LogP contribution in [0, 0.1) is 25.1 Å². The topological polar surface area (TPSA) is 74.6 Å². The maximum absolute atomic E-state index is 15.7. The van der Waals surface area contributed by atoms with Crippen molar-refractivity contribution in [2.45, 2.75) is 51.6 Å². The highest BCUT2D eigenvalue weighted by molar-refractivity contribution is 5.97. The molecule has 1 aliphatic heterocycles. The van der Waals surface area contributed by atoms with E-state index in [1.54, 1.807) is 6.92 Å². The number of carboxylic acid groups (broad SMARTS) is 1. The van der Waals surface area contributed by atoms with Crippen molar-refractivity contribution in [3.05, 3.63) is 38.9 Å². The maximum Gasteiger partial charge on any atom is 0.341 e. The van der Waals surface area contributed by atoms with Crippen LogP contribution in [0.1, 0.15) is 53.2 Å². The number of nitrogens with one attached hydrogen (secondary N) is 1. The van der Waals surface area contributed by atoms with Gasteiger partial charge in [-0.1, -0.05) is 0 Å². The molecule has 2 aliphatic carbocycles. The van der Waals surface area contributed by atoms with E-state index in [9.17, 15) is 14.7 Å². The zero-order valence-electron chi connectivity index (χ0n) is 17.0. The third-order valence-electron chi connectivity index (χ3n) is 7.23. The highest BCUT2D eigenvalue weighted by Gasteiger charge is 2.55. The smallest absolute Gasteiger partial charge is 0.341 e. The lowest BCUT2D eigenvalue weighted by Gasteiger charge is -2.26. The lowest BCUT2D eigenvalue weighted by atomic mass is 9.99. The molecule has 1 atom stereocenters. The molecule has 0 amide bonds. The molecule has 3 aliphatic rings. The van der Waals surface area contributed by atoms with E-state index in [2.05, 4.69) is 10.2 Å². The number of fused-ring (bicyclic) bond motifs is 1. The molecule has 2 N–H and O–H groups in total. The van der Waals surface area contributed by atoms with Gasteiger partial charge in [0.25, 0.3) is 0 Å². The summed E-state index contributed by atoms with van der Waals surface area (Å²) >= 11 is 0. The molecule has 2 aromatic rings. The summed E-state index contributed by atoms with van der Waals surface area (Å²) in [4.78, 5) is 26.7. The van der Waals surface area contributed by atoms with Crippen molar-refractivity contribution in [3.63, 3.8) is 0 Å². The van der Waals surface area contributed by atoms with E-state index >= 15 is 4.39 Å². The minimum absolute atomic E-state index is 0.172. The number of hydrogen-bond acceptors (Lipinski definition) is 4. The Morgan fingerprint density at radius 3 is 2.48 bits per heavy atom. The van der Waals surface area contributed by atoms with Crippen LogP contribution in [-0.4, -0.2) is 41.8 Å². The number of likely N-dealkylation sites (N-methyl/N-ethyl adjacent to an activating group) is 1. The number of carboxylic acids is 1. The summed E-state index contributed by atoms with van der Waals surface area (Å²) < 4.78 is 17.6. The number of aromatic nitrogens is 1. The van der Waals surface area contributed by atoms with Crippen molar-refractivity contribution in [1.29, 1.82) is 0 Å². The monoisotopic (exact) mass is 399 g/mol. The Morgan fingerprint density at radius 1 is 1.28 bits per heavy atom. The number of nitrogens with zero attached hydrogens (tertiary/aromatic N) is 2. The number of halogens is 1. The first-order chi connectivity index (χ1) is 13.8. The van der Waals surface area contributed by atoms with Crippen molar-refractivity contribution in [2.24, 2.45) is 5.41 Å². The zero-order chi connectivity index (χ0) is 20.7. The van der Waals surface area contributed by atoms with Crippen molar-refractivity contribution in [2.75, 3.05) is 25.0 Å². The molecular weight excluding hydrogens is 373 g/mol. The van der Waals surface area contributed by atoms with Crippen LogP contribution in [-0.2, 0) is 0 Å². The van der Waals surface area contributed by atoms with Crippen LogP contribution in [0.3, 0.4) is 0 Å². The van der Waals surface area contributed by atoms with Crippen LogP contribution in [0.5, 0.6) is 0 Å². The molecule has 7 heteroatoms. The van der Waals surface area contributed by atoms with Crippen LogP contribution < -0.4 is 15.6 Å². The summed E-state index contributed by atoms with van der Waals surface area (Å²) in [6, 6.07) is 0.503. The average molecular weight is 399 g/mol. The van der Waals surface area contributed by atoms with Gasteiger partial charge in [-0.25, -0.2) is 9.18 Å². The number of hydrogen-bond donors (Lipinski definition) is 2. The van der Waals surface area contributed by atoms with E-state index < -0.39 is 17.2 Å². The van der Waals surface area contributed by atoms with Crippen LogP contribution >= 0.6 is 0 Å². The highest BCUT2D eigenvalue weighted by Crippen LogP contribution is 2.54. The second kappa shape index (κ2) is 6.05. The summed E-state index contributed by atoms with van der Waals surface area (Å²) in [6.45, 7) is 5.01. The summed E-state index contributed by atoms with van der Waals surface area (Å²) in [5, 5.41) is 13.1. The number of pyridine rings is 1. The average Bonchev–Trinajstić information content (AvgIpc) is 3.58. The Morgan fingerprint density at radius 2 is 1.97 bits per heavy atom. The molecule has 0 unspecified atom stereocenters. The van der Waals surface area contributed by atoms with Crippen LogP contribution in [0.2, 0.25) is 0 Å². The number of anilines is 1. The molecule has 2 heterocycles. The van der Waals surface area contributed by atoms with Gasteiger partial charge in [-0.3, -0.25) is 4.79 Å². The molecule has 154 valence electrons. The molecule has 1 aromatic carbocycles. The summed E-state index contributed by atoms with van der Waals surface area (Å²) in [5.74, 6) is -1.66. The Bertz CT molecular complexity index is 1110. The number of aryl methyl sites for hydroxylation is 2. The molecule has 0 radical (unpaired) electrons. The quantitative estimate of drug-likeness (QED) is 0.827. The summed E-state index contributed by atoms with van der Waals surface area (Å²) in [7, 11) is 1.96. The first-order valence-electron chi connectivity index (χ1n) is 10.3. The summed E-state index contributed by atoms with van der Waals surface area (Å²) in [5.41, 5.74) is 1.58. The third kappa shape index (κ3) is 2.56. The second-order valence-corrected chi connectivity index (χ2v) is 9.04. The minimum atomic E-state index is -1.26. The van der Waals surface area contributed by atoms with Crippen LogP contribution in [0.15, 0.2) is 11.0 Å². The van der Waals surface area contributed by atoms with Gasteiger partial charge < -0.3 is 19.9 Å². The largest absolute Gasteiger partial charge is 0.477 e. The van der Waals surface area contributed by atoms with Crippen molar-refractivity contribution in [1.82, 2.24) is 9.88 Å². The lowest BCUT2D eigenvalue weighted by molar-refractivity contribution is 0.0695. The SMILES string of the molecule is CN[C@H]1CN(c2c(F)c(C)c3c(=O)c(C(=O)O)cn(C4CC4)c3c2C)CC12CC2. The Balaban J connectivity index is 1.78. The van der Waals surface area contributed by atoms with Crippen molar-refractivity contribution >= 4 is 22.6 Å². The number of rotatable bonds is 4. The van der Waals surface area contributed by atoms with Crippen LogP contribution in [0.25, 0.3) is 10.9 Å². The first-order valence-corrected chi connectivity index (χ1v) is 10.3. The Hall–Kier alpha value is -2.41. The van der Waals surface area contributed by atoms with Crippen LogP contribution in [0.4, 0.5) is 10.1 Å². The highest BCUT2D eigenvalue weighted by atomic mass is 19.1. The van der Waals surface area contributed by atoms with E-state index in [4.69, 9.17) is 0 Å². The van der Waals surface area contributed by atoms with Gasteiger partial charge in [0.1, 0.15) is 5.56 Å². The summed E-state index contributed by atoms with van der Waals surface area (Å²) in [6.07, 6.45) is 5.64. The molecule has 6 nitrogen and oxygen atoms in total. The number of carbonyl (C=O) groups is 1. The van der Waals surface area contributed by atoms with Gasteiger partial charge >= 0.3 is 5.97 Å². The molecule has 1 saturated heterocycles. The van der Waals surface area contributed by atoms with E-state index in [0.29, 0.717) is 17.2 Å². The fraction of sp³-hybridized carbons (Fsp3) is 0.545. The molecule has 29 heavy (non-hydrogen) atoms. The van der Waals surface area contributed by atoms with E-state index in [1.165, 1.54) is 6.20 Å².